The number of ketones is 1. The number of hydrogen-bond donors (Lipinski definition) is 1. The summed E-state index contributed by atoms with van der Waals surface area (Å²) in [5, 5.41) is 23.4. The molecule has 4 aliphatic rings. The summed E-state index contributed by atoms with van der Waals surface area (Å²) in [4.78, 5) is 23.3. The van der Waals surface area contributed by atoms with Gasteiger partial charge in [-0.25, -0.2) is 0 Å². The summed E-state index contributed by atoms with van der Waals surface area (Å²) < 4.78 is 0. The van der Waals surface area contributed by atoms with Crippen LogP contribution < -0.4 is 5.11 Å². The van der Waals surface area contributed by atoms with Gasteiger partial charge in [0.05, 0.1) is 5.60 Å². The van der Waals surface area contributed by atoms with Crippen molar-refractivity contribution in [3.05, 3.63) is 23.8 Å². The minimum Gasteiger partial charge on any atom is -0.550 e. The number of allylic oxidation sites excluding steroid dienone is 2. The lowest BCUT2D eigenvalue weighted by atomic mass is 9.45. The van der Waals surface area contributed by atoms with E-state index in [0.717, 1.165) is 37.7 Å². The second kappa shape index (κ2) is 5.54. The summed E-state index contributed by atoms with van der Waals surface area (Å²) in [6.07, 6.45) is 10.3. The number of hydrogen-bond acceptors (Lipinski definition) is 4. The molecule has 7 atom stereocenters. The quantitative estimate of drug-likeness (QED) is 0.823. The lowest BCUT2D eigenvalue weighted by molar-refractivity contribution is -0.314. The zero-order valence-electron chi connectivity index (χ0n) is 16.0. The van der Waals surface area contributed by atoms with Gasteiger partial charge in [0.2, 0.25) is 0 Å². The van der Waals surface area contributed by atoms with Crippen LogP contribution in [0.5, 0.6) is 0 Å². The molecule has 0 spiro atoms. The number of fused-ring (bicyclic) bond motifs is 5. The van der Waals surface area contributed by atoms with Crippen molar-refractivity contribution in [1.82, 2.24) is 0 Å². The Balaban J connectivity index is 1.71. The van der Waals surface area contributed by atoms with Crippen LogP contribution in [0.15, 0.2) is 23.8 Å². The summed E-state index contributed by atoms with van der Waals surface area (Å²) in [6.45, 7) is 6.10. The van der Waals surface area contributed by atoms with Gasteiger partial charge in [0, 0.05) is 11.4 Å². The van der Waals surface area contributed by atoms with Crippen molar-refractivity contribution in [2.24, 2.45) is 34.5 Å². The molecular formula is C22H29O4-. The van der Waals surface area contributed by atoms with Crippen LogP contribution in [-0.2, 0) is 9.59 Å². The molecule has 0 bridgehead atoms. The van der Waals surface area contributed by atoms with Gasteiger partial charge in [0.15, 0.2) is 5.78 Å². The van der Waals surface area contributed by atoms with Gasteiger partial charge in [-0.05, 0) is 86.7 Å². The lowest BCUT2D eigenvalue weighted by Crippen LogP contribution is -2.62. The summed E-state index contributed by atoms with van der Waals surface area (Å²) in [6, 6.07) is 0. The SMILES string of the molecule is C[C@H](C(=O)[O-])[C@H]1CC[C@H]2[C@@H]3CCC4=CC(=O)C=C[C@]4(C)[C@@]3(O)CC[C@]12C. The van der Waals surface area contributed by atoms with Gasteiger partial charge < -0.3 is 15.0 Å². The van der Waals surface area contributed by atoms with Crippen molar-refractivity contribution in [2.75, 3.05) is 0 Å². The van der Waals surface area contributed by atoms with Gasteiger partial charge >= 0.3 is 0 Å². The predicted octanol–water partition coefficient (Wildman–Crippen LogP) is 2.41. The van der Waals surface area contributed by atoms with Crippen molar-refractivity contribution < 1.29 is 19.8 Å². The summed E-state index contributed by atoms with van der Waals surface area (Å²) in [5.41, 5.74) is -0.325. The first-order chi connectivity index (χ1) is 12.1. The maximum Gasteiger partial charge on any atom is 0.178 e. The highest BCUT2D eigenvalue weighted by Crippen LogP contribution is 2.68. The van der Waals surface area contributed by atoms with Gasteiger partial charge in [-0.3, -0.25) is 4.79 Å². The Kier molecular flexibility index (Phi) is 3.83. The molecule has 4 nitrogen and oxygen atoms in total. The van der Waals surface area contributed by atoms with E-state index in [9.17, 15) is 19.8 Å². The molecule has 0 aromatic rings. The third kappa shape index (κ3) is 2.11. The average molecular weight is 357 g/mol. The zero-order valence-corrected chi connectivity index (χ0v) is 16.0. The summed E-state index contributed by atoms with van der Waals surface area (Å²) in [5.74, 6) is -0.776. The van der Waals surface area contributed by atoms with E-state index in [1.165, 1.54) is 0 Å². The first kappa shape index (κ1) is 18.0. The Labute approximate surface area is 155 Å². The fourth-order valence-electron chi connectivity index (χ4n) is 7.16. The predicted molar refractivity (Wildman–Crippen MR) is 95.7 cm³/mol. The van der Waals surface area contributed by atoms with E-state index >= 15 is 0 Å². The number of carboxylic acid groups (broad SMARTS) is 1. The van der Waals surface area contributed by atoms with Crippen molar-refractivity contribution in [1.29, 1.82) is 0 Å². The van der Waals surface area contributed by atoms with E-state index < -0.39 is 22.9 Å². The van der Waals surface area contributed by atoms with E-state index in [4.69, 9.17) is 0 Å². The smallest absolute Gasteiger partial charge is 0.178 e. The maximum absolute atomic E-state index is 11.9. The van der Waals surface area contributed by atoms with E-state index in [-0.39, 0.29) is 23.0 Å². The number of aliphatic hydroxyl groups is 1. The van der Waals surface area contributed by atoms with Gasteiger partial charge in [-0.1, -0.05) is 25.5 Å². The molecule has 3 fully saturated rings. The van der Waals surface area contributed by atoms with Gasteiger partial charge in [0.1, 0.15) is 0 Å². The molecule has 0 heterocycles. The number of carboxylic acids is 1. The molecule has 142 valence electrons. The third-order valence-corrected chi connectivity index (χ3v) is 8.79. The molecule has 0 unspecified atom stereocenters. The molecule has 0 aromatic carbocycles. The highest BCUT2D eigenvalue weighted by atomic mass is 16.4. The van der Waals surface area contributed by atoms with Crippen LogP contribution >= 0.6 is 0 Å². The summed E-state index contributed by atoms with van der Waals surface area (Å²) >= 11 is 0. The van der Waals surface area contributed by atoms with E-state index in [2.05, 4.69) is 13.8 Å². The zero-order chi connectivity index (χ0) is 18.9. The number of carbonyl (C=O) groups excluding carboxylic acids is 2. The van der Waals surface area contributed by atoms with Crippen LogP contribution in [-0.4, -0.2) is 22.5 Å². The lowest BCUT2D eigenvalue weighted by Gasteiger charge is -2.62. The Hall–Kier alpha value is -1.42. The van der Waals surface area contributed by atoms with Gasteiger partial charge in [-0.15, -0.1) is 0 Å². The largest absolute Gasteiger partial charge is 0.550 e. The fourth-order valence-corrected chi connectivity index (χ4v) is 7.16. The molecule has 0 amide bonds. The molecule has 4 rings (SSSR count). The number of carbonyl (C=O) groups is 2. The van der Waals surface area contributed by atoms with Crippen LogP contribution in [0.25, 0.3) is 0 Å². The molecule has 3 saturated carbocycles. The molecule has 4 aliphatic carbocycles. The molecule has 0 radical (unpaired) electrons. The first-order valence-corrected chi connectivity index (χ1v) is 10.0. The Morgan fingerprint density at radius 3 is 2.65 bits per heavy atom. The minimum atomic E-state index is -0.952. The second-order valence-corrected chi connectivity index (χ2v) is 9.58. The minimum absolute atomic E-state index is 0.0175. The molecule has 26 heavy (non-hydrogen) atoms. The Morgan fingerprint density at radius 1 is 1.23 bits per heavy atom. The fraction of sp³-hybridized carbons (Fsp3) is 0.727. The van der Waals surface area contributed by atoms with Crippen molar-refractivity contribution in [3.8, 4) is 0 Å². The highest BCUT2D eigenvalue weighted by Gasteiger charge is 2.65. The molecule has 0 aliphatic heterocycles. The van der Waals surface area contributed by atoms with E-state index in [1.54, 1.807) is 19.1 Å². The molecule has 1 N–H and O–H groups in total. The average Bonchev–Trinajstić information content (AvgIpc) is 2.93. The molecular weight excluding hydrogens is 328 g/mol. The molecule has 4 heteroatoms. The van der Waals surface area contributed by atoms with Crippen LogP contribution in [0.3, 0.4) is 0 Å². The first-order valence-electron chi connectivity index (χ1n) is 10.0. The highest BCUT2D eigenvalue weighted by molar-refractivity contribution is 6.01. The van der Waals surface area contributed by atoms with Crippen LogP contribution in [0, 0.1) is 34.5 Å². The van der Waals surface area contributed by atoms with Crippen LogP contribution in [0.2, 0.25) is 0 Å². The number of rotatable bonds is 2. The van der Waals surface area contributed by atoms with Crippen molar-refractivity contribution >= 4 is 11.8 Å². The Bertz CT molecular complexity index is 722. The van der Waals surface area contributed by atoms with Crippen molar-refractivity contribution in [3.63, 3.8) is 0 Å². The van der Waals surface area contributed by atoms with Crippen molar-refractivity contribution in [2.45, 2.75) is 64.9 Å². The third-order valence-electron chi connectivity index (χ3n) is 8.79. The summed E-state index contributed by atoms with van der Waals surface area (Å²) in [7, 11) is 0. The topological polar surface area (TPSA) is 77.4 Å². The van der Waals surface area contributed by atoms with E-state index in [1.807, 2.05) is 6.08 Å². The second-order valence-electron chi connectivity index (χ2n) is 9.58. The van der Waals surface area contributed by atoms with E-state index in [0.29, 0.717) is 12.3 Å². The van der Waals surface area contributed by atoms with Crippen LogP contribution in [0.4, 0.5) is 0 Å². The Morgan fingerprint density at radius 2 is 1.96 bits per heavy atom. The number of aliphatic carboxylic acids is 1. The standard InChI is InChI=1S/C22H30O4/c1-13(19(24)25)16-6-7-17-18-5-4-14-12-15(23)8-9-21(14,3)22(18,26)11-10-20(16,17)2/h8-9,12-13,16-18,26H,4-7,10-11H2,1-3H3,(H,24,25)/p-1/t13-,16+,17-,18-,20+,21-,22+/m0/s1. The van der Waals surface area contributed by atoms with Gasteiger partial charge in [-0.2, -0.15) is 0 Å². The maximum atomic E-state index is 11.9. The normalized spacial score (nSPS) is 48.2. The molecule has 0 aromatic heterocycles. The molecule has 0 saturated heterocycles. The van der Waals surface area contributed by atoms with Gasteiger partial charge in [0.25, 0.3) is 0 Å². The van der Waals surface area contributed by atoms with Crippen LogP contribution in [0.1, 0.15) is 59.3 Å². The monoisotopic (exact) mass is 357 g/mol.